The van der Waals surface area contributed by atoms with Gasteiger partial charge < -0.3 is 9.84 Å². The van der Waals surface area contributed by atoms with E-state index in [4.69, 9.17) is 9.84 Å². The molecule has 0 aromatic heterocycles. The molecule has 0 spiro atoms. The normalized spacial score (nSPS) is 25.0. The molecule has 0 aromatic rings. The fraction of sp³-hybridized carbons (Fsp3) is 0.875. The third kappa shape index (κ3) is 2.99. The molecule has 0 bridgehead atoms. The third-order valence-corrected chi connectivity index (χ3v) is 1.91. The van der Waals surface area contributed by atoms with E-state index in [1.54, 1.807) is 0 Å². The van der Waals surface area contributed by atoms with Crippen LogP contribution < -0.4 is 0 Å². The van der Waals surface area contributed by atoms with E-state index in [0.29, 0.717) is 6.42 Å². The van der Waals surface area contributed by atoms with Crippen molar-refractivity contribution in [2.75, 3.05) is 13.2 Å². The molecule has 1 N–H and O–H groups in total. The molecule has 0 saturated carbocycles. The number of hydrogen-bond acceptors (Lipinski definition) is 3. The monoisotopic (exact) mass is 158 g/mol. The smallest absolute Gasteiger partial charge is 0.160 e. The van der Waals surface area contributed by atoms with Crippen molar-refractivity contribution >= 4 is 5.78 Å². The molecule has 0 amide bonds. The molecule has 1 aliphatic heterocycles. The van der Waals surface area contributed by atoms with Crippen molar-refractivity contribution in [2.24, 2.45) is 0 Å². The molecular weight excluding hydrogens is 144 g/mol. The Balaban J connectivity index is 2.19. The van der Waals surface area contributed by atoms with Crippen molar-refractivity contribution in [1.82, 2.24) is 0 Å². The predicted octanol–water partition coefficient (Wildman–Crippen LogP) is 0.507. The summed E-state index contributed by atoms with van der Waals surface area (Å²) in [5, 5.41) is 8.46. The molecular formula is C8H14O3. The summed E-state index contributed by atoms with van der Waals surface area (Å²) in [5.41, 5.74) is 0. The van der Waals surface area contributed by atoms with E-state index in [1.807, 2.05) is 0 Å². The maximum atomic E-state index is 10.8. The number of ether oxygens (including phenoxy) is 1. The molecule has 1 unspecified atom stereocenters. The van der Waals surface area contributed by atoms with Crippen LogP contribution in [0.5, 0.6) is 0 Å². The van der Waals surface area contributed by atoms with E-state index in [2.05, 4.69) is 0 Å². The SMILES string of the molecule is O=C(CO)CC1CCCCO1. The van der Waals surface area contributed by atoms with Crippen molar-refractivity contribution in [3.05, 3.63) is 0 Å². The first-order valence-corrected chi connectivity index (χ1v) is 4.07. The summed E-state index contributed by atoms with van der Waals surface area (Å²) in [6.45, 7) is 0.420. The van der Waals surface area contributed by atoms with Crippen molar-refractivity contribution in [2.45, 2.75) is 31.8 Å². The highest BCUT2D eigenvalue weighted by Gasteiger charge is 2.16. The highest BCUT2D eigenvalue weighted by atomic mass is 16.5. The lowest BCUT2D eigenvalue weighted by Gasteiger charge is -2.21. The van der Waals surface area contributed by atoms with Gasteiger partial charge in [-0.1, -0.05) is 0 Å². The Kier molecular flexibility index (Phi) is 3.52. The van der Waals surface area contributed by atoms with E-state index in [1.165, 1.54) is 0 Å². The van der Waals surface area contributed by atoms with Gasteiger partial charge in [-0.25, -0.2) is 0 Å². The molecule has 1 heterocycles. The van der Waals surface area contributed by atoms with Gasteiger partial charge in [0, 0.05) is 13.0 Å². The summed E-state index contributed by atoms with van der Waals surface area (Å²) in [6.07, 6.45) is 3.67. The van der Waals surface area contributed by atoms with Crippen molar-refractivity contribution in [3.63, 3.8) is 0 Å². The summed E-state index contributed by atoms with van der Waals surface area (Å²) in [4.78, 5) is 10.8. The Morgan fingerprint density at radius 3 is 2.91 bits per heavy atom. The molecule has 3 nitrogen and oxygen atoms in total. The first-order valence-electron chi connectivity index (χ1n) is 4.07. The van der Waals surface area contributed by atoms with Crippen LogP contribution >= 0.6 is 0 Å². The number of aliphatic hydroxyl groups excluding tert-OH is 1. The molecule has 0 aromatic carbocycles. The number of aliphatic hydroxyl groups is 1. The molecule has 1 aliphatic rings. The molecule has 0 radical (unpaired) electrons. The number of carbonyl (C=O) groups excluding carboxylic acids is 1. The van der Waals surface area contributed by atoms with Crippen LogP contribution in [0.1, 0.15) is 25.7 Å². The molecule has 1 rings (SSSR count). The summed E-state index contributed by atoms with van der Waals surface area (Å²) >= 11 is 0. The average molecular weight is 158 g/mol. The number of hydrogen-bond donors (Lipinski definition) is 1. The van der Waals surface area contributed by atoms with Crippen LogP contribution in [0.3, 0.4) is 0 Å². The van der Waals surface area contributed by atoms with Crippen LogP contribution in [-0.2, 0) is 9.53 Å². The van der Waals surface area contributed by atoms with Gasteiger partial charge in [-0.2, -0.15) is 0 Å². The number of rotatable bonds is 3. The topological polar surface area (TPSA) is 46.5 Å². The summed E-state index contributed by atoms with van der Waals surface area (Å²) in [5.74, 6) is -0.114. The van der Waals surface area contributed by atoms with Crippen LogP contribution in [0.2, 0.25) is 0 Å². The Morgan fingerprint density at radius 2 is 2.36 bits per heavy atom. The molecule has 0 aliphatic carbocycles. The standard InChI is InChI=1S/C8H14O3/c9-6-7(10)5-8-3-1-2-4-11-8/h8-9H,1-6H2. The van der Waals surface area contributed by atoms with Crippen molar-refractivity contribution in [1.29, 1.82) is 0 Å². The minimum atomic E-state index is -0.347. The van der Waals surface area contributed by atoms with Gasteiger partial charge in [0.05, 0.1) is 6.10 Å². The minimum Gasteiger partial charge on any atom is -0.389 e. The zero-order valence-electron chi connectivity index (χ0n) is 6.58. The van der Waals surface area contributed by atoms with E-state index < -0.39 is 0 Å². The van der Waals surface area contributed by atoms with Crippen LogP contribution in [0, 0.1) is 0 Å². The van der Waals surface area contributed by atoms with Gasteiger partial charge in [0.1, 0.15) is 6.61 Å². The zero-order chi connectivity index (χ0) is 8.10. The quantitative estimate of drug-likeness (QED) is 0.650. The molecule has 11 heavy (non-hydrogen) atoms. The summed E-state index contributed by atoms with van der Waals surface area (Å²) in [6, 6.07) is 0. The van der Waals surface area contributed by atoms with Crippen LogP contribution in [0.25, 0.3) is 0 Å². The van der Waals surface area contributed by atoms with Gasteiger partial charge in [0.25, 0.3) is 0 Å². The van der Waals surface area contributed by atoms with Crippen LogP contribution in [0.15, 0.2) is 0 Å². The number of ketones is 1. The summed E-state index contributed by atoms with van der Waals surface area (Å²) < 4.78 is 5.32. The first-order chi connectivity index (χ1) is 5.33. The lowest BCUT2D eigenvalue weighted by Crippen LogP contribution is -2.23. The van der Waals surface area contributed by atoms with Gasteiger partial charge in [0.15, 0.2) is 5.78 Å². The molecule has 64 valence electrons. The van der Waals surface area contributed by atoms with Gasteiger partial charge in [0.2, 0.25) is 0 Å². The minimum absolute atomic E-state index is 0.0726. The Hall–Kier alpha value is -0.410. The zero-order valence-corrected chi connectivity index (χ0v) is 6.58. The van der Waals surface area contributed by atoms with Crippen molar-refractivity contribution < 1.29 is 14.6 Å². The fourth-order valence-corrected chi connectivity index (χ4v) is 1.29. The average Bonchev–Trinajstić information content (AvgIpc) is 2.06. The number of carbonyl (C=O) groups is 1. The van der Waals surface area contributed by atoms with E-state index in [0.717, 1.165) is 25.9 Å². The first kappa shape index (κ1) is 8.68. The molecule has 3 heteroatoms. The van der Waals surface area contributed by atoms with E-state index in [-0.39, 0.29) is 18.5 Å². The Morgan fingerprint density at radius 1 is 1.55 bits per heavy atom. The van der Waals surface area contributed by atoms with Gasteiger partial charge in [-0.15, -0.1) is 0 Å². The highest BCUT2D eigenvalue weighted by Crippen LogP contribution is 2.15. The molecule has 1 fully saturated rings. The van der Waals surface area contributed by atoms with Gasteiger partial charge in [-0.3, -0.25) is 4.79 Å². The maximum Gasteiger partial charge on any atom is 0.160 e. The van der Waals surface area contributed by atoms with E-state index in [9.17, 15) is 4.79 Å². The van der Waals surface area contributed by atoms with E-state index >= 15 is 0 Å². The Bertz CT molecular complexity index is 127. The number of Topliss-reactive ketones (excluding diaryl/α,β-unsaturated/α-hetero) is 1. The largest absolute Gasteiger partial charge is 0.389 e. The fourth-order valence-electron chi connectivity index (χ4n) is 1.29. The summed E-state index contributed by atoms with van der Waals surface area (Å²) in [7, 11) is 0. The Labute approximate surface area is 66.4 Å². The maximum absolute atomic E-state index is 10.8. The van der Waals surface area contributed by atoms with Crippen molar-refractivity contribution in [3.8, 4) is 0 Å². The van der Waals surface area contributed by atoms with Crippen LogP contribution in [-0.4, -0.2) is 30.2 Å². The van der Waals surface area contributed by atoms with Gasteiger partial charge in [-0.05, 0) is 19.3 Å². The predicted molar refractivity (Wildman–Crippen MR) is 40.3 cm³/mol. The third-order valence-electron chi connectivity index (χ3n) is 1.91. The second-order valence-corrected chi connectivity index (χ2v) is 2.89. The lowest BCUT2D eigenvalue weighted by molar-refractivity contribution is -0.125. The molecule has 1 saturated heterocycles. The highest BCUT2D eigenvalue weighted by molar-refractivity contribution is 5.79. The molecule has 1 atom stereocenters. The second kappa shape index (κ2) is 4.46. The van der Waals surface area contributed by atoms with Gasteiger partial charge >= 0.3 is 0 Å². The van der Waals surface area contributed by atoms with Crippen LogP contribution in [0.4, 0.5) is 0 Å². The lowest BCUT2D eigenvalue weighted by atomic mass is 10.0. The second-order valence-electron chi connectivity index (χ2n) is 2.89.